The Morgan fingerprint density at radius 2 is 2.07 bits per heavy atom. The van der Waals surface area contributed by atoms with Gasteiger partial charge in [-0.2, -0.15) is 0 Å². The van der Waals surface area contributed by atoms with Crippen molar-refractivity contribution in [3.63, 3.8) is 0 Å². The van der Waals surface area contributed by atoms with Gasteiger partial charge in [-0.05, 0) is 12.1 Å². The summed E-state index contributed by atoms with van der Waals surface area (Å²) in [6.07, 6.45) is 0. The van der Waals surface area contributed by atoms with Gasteiger partial charge >= 0.3 is 0 Å². The van der Waals surface area contributed by atoms with Crippen molar-refractivity contribution < 1.29 is 4.79 Å². The van der Waals surface area contributed by atoms with Gasteiger partial charge in [0.2, 0.25) is 5.91 Å². The summed E-state index contributed by atoms with van der Waals surface area (Å²) in [5.41, 5.74) is 0.842. The molecule has 1 aromatic rings. The lowest BCUT2D eigenvalue weighted by atomic mass is 10.2. The highest BCUT2D eigenvalue weighted by molar-refractivity contribution is 5.95. The van der Waals surface area contributed by atoms with Crippen molar-refractivity contribution in [2.24, 2.45) is 0 Å². The molecule has 0 bridgehead atoms. The van der Waals surface area contributed by atoms with E-state index < -0.39 is 0 Å². The molecule has 1 aliphatic heterocycles. The fourth-order valence-corrected chi connectivity index (χ4v) is 1.59. The van der Waals surface area contributed by atoms with Crippen LogP contribution < -0.4 is 16.0 Å². The molecule has 80 valence electrons. The maximum Gasteiger partial charge on any atom is 0.242 e. The molecule has 0 radical (unpaired) electrons. The van der Waals surface area contributed by atoms with Crippen LogP contribution in [0.2, 0.25) is 0 Å². The van der Waals surface area contributed by atoms with Crippen LogP contribution in [0.4, 0.5) is 5.69 Å². The SMILES string of the molecule is O=C(Nc1ccccc1)[C@@H]1CNCCN1. The summed E-state index contributed by atoms with van der Waals surface area (Å²) >= 11 is 0. The zero-order chi connectivity index (χ0) is 10.5. The largest absolute Gasteiger partial charge is 0.325 e. The number of hydrogen-bond acceptors (Lipinski definition) is 3. The Morgan fingerprint density at radius 3 is 2.73 bits per heavy atom. The maximum absolute atomic E-state index is 11.8. The fraction of sp³-hybridized carbons (Fsp3) is 0.364. The molecule has 1 atom stereocenters. The Morgan fingerprint density at radius 1 is 1.27 bits per heavy atom. The third-order valence-electron chi connectivity index (χ3n) is 2.40. The first-order valence-corrected chi connectivity index (χ1v) is 5.16. The summed E-state index contributed by atoms with van der Waals surface area (Å²) in [5, 5.41) is 9.21. The van der Waals surface area contributed by atoms with Gasteiger partial charge in [-0.1, -0.05) is 18.2 Å². The highest BCUT2D eigenvalue weighted by atomic mass is 16.2. The monoisotopic (exact) mass is 205 g/mol. The Hall–Kier alpha value is -1.39. The van der Waals surface area contributed by atoms with Crippen molar-refractivity contribution >= 4 is 11.6 Å². The van der Waals surface area contributed by atoms with Gasteiger partial charge in [0.25, 0.3) is 0 Å². The molecule has 15 heavy (non-hydrogen) atoms. The number of rotatable bonds is 2. The molecule has 2 rings (SSSR count). The van der Waals surface area contributed by atoms with Gasteiger partial charge in [-0.15, -0.1) is 0 Å². The second kappa shape index (κ2) is 4.91. The van der Waals surface area contributed by atoms with Crippen LogP contribution in [0.15, 0.2) is 30.3 Å². The molecule has 0 aromatic heterocycles. The minimum Gasteiger partial charge on any atom is -0.325 e. The number of para-hydroxylation sites is 1. The molecule has 0 saturated carbocycles. The van der Waals surface area contributed by atoms with Crippen molar-refractivity contribution in [2.45, 2.75) is 6.04 Å². The molecule has 4 heteroatoms. The van der Waals surface area contributed by atoms with Gasteiger partial charge in [0.1, 0.15) is 0 Å². The average Bonchev–Trinajstić information content (AvgIpc) is 2.31. The summed E-state index contributed by atoms with van der Waals surface area (Å²) in [6.45, 7) is 2.46. The molecule has 0 spiro atoms. The molecule has 0 aliphatic carbocycles. The van der Waals surface area contributed by atoms with Crippen LogP contribution in [-0.2, 0) is 4.79 Å². The van der Waals surface area contributed by atoms with E-state index in [1.807, 2.05) is 30.3 Å². The lowest BCUT2D eigenvalue weighted by Crippen LogP contribution is -2.54. The third kappa shape index (κ3) is 2.78. The summed E-state index contributed by atoms with van der Waals surface area (Å²) in [4.78, 5) is 11.8. The predicted molar refractivity (Wildman–Crippen MR) is 59.7 cm³/mol. The van der Waals surface area contributed by atoms with E-state index in [2.05, 4.69) is 16.0 Å². The highest BCUT2D eigenvalue weighted by Crippen LogP contribution is 2.05. The topological polar surface area (TPSA) is 53.2 Å². The fourth-order valence-electron chi connectivity index (χ4n) is 1.59. The summed E-state index contributed by atoms with van der Waals surface area (Å²) in [5.74, 6) is 0.0217. The number of hydrogen-bond donors (Lipinski definition) is 3. The number of nitrogens with one attached hydrogen (secondary N) is 3. The zero-order valence-electron chi connectivity index (χ0n) is 8.49. The van der Waals surface area contributed by atoms with Crippen LogP contribution in [0.3, 0.4) is 0 Å². The molecule has 1 aromatic carbocycles. The van der Waals surface area contributed by atoms with Crippen molar-refractivity contribution in [3.8, 4) is 0 Å². The van der Waals surface area contributed by atoms with E-state index in [0.29, 0.717) is 6.54 Å². The number of amides is 1. The molecular weight excluding hydrogens is 190 g/mol. The summed E-state index contributed by atoms with van der Waals surface area (Å²) in [6, 6.07) is 9.38. The Labute approximate surface area is 89.1 Å². The van der Waals surface area contributed by atoms with Gasteiger partial charge in [-0.25, -0.2) is 0 Å². The molecule has 1 heterocycles. The minimum atomic E-state index is -0.126. The van der Waals surface area contributed by atoms with E-state index in [4.69, 9.17) is 0 Å². The van der Waals surface area contributed by atoms with Gasteiger partial charge < -0.3 is 16.0 Å². The quantitative estimate of drug-likeness (QED) is 0.646. The van der Waals surface area contributed by atoms with Crippen LogP contribution in [0.5, 0.6) is 0 Å². The smallest absolute Gasteiger partial charge is 0.242 e. The van der Waals surface area contributed by atoms with E-state index in [-0.39, 0.29) is 11.9 Å². The second-order valence-electron chi connectivity index (χ2n) is 3.57. The Kier molecular flexibility index (Phi) is 3.32. The minimum absolute atomic E-state index is 0.0217. The van der Waals surface area contributed by atoms with Crippen LogP contribution in [0.25, 0.3) is 0 Å². The standard InChI is InChI=1S/C11H15N3O/c15-11(10-8-12-6-7-13-10)14-9-4-2-1-3-5-9/h1-5,10,12-13H,6-8H2,(H,14,15)/t10-/m0/s1. The van der Waals surface area contributed by atoms with E-state index in [0.717, 1.165) is 18.8 Å². The normalized spacial score (nSPS) is 20.9. The summed E-state index contributed by atoms with van der Waals surface area (Å²) < 4.78 is 0. The van der Waals surface area contributed by atoms with Crippen molar-refractivity contribution in [3.05, 3.63) is 30.3 Å². The Balaban J connectivity index is 1.91. The number of benzene rings is 1. The zero-order valence-corrected chi connectivity index (χ0v) is 8.49. The van der Waals surface area contributed by atoms with Crippen molar-refractivity contribution in [2.75, 3.05) is 25.0 Å². The van der Waals surface area contributed by atoms with E-state index in [1.165, 1.54) is 0 Å². The lowest BCUT2D eigenvalue weighted by Gasteiger charge is -2.23. The average molecular weight is 205 g/mol. The molecule has 0 unspecified atom stereocenters. The van der Waals surface area contributed by atoms with Crippen LogP contribution >= 0.6 is 0 Å². The molecule has 1 fully saturated rings. The van der Waals surface area contributed by atoms with Crippen molar-refractivity contribution in [1.29, 1.82) is 0 Å². The number of piperazine rings is 1. The number of carbonyl (C=O) groups excluding carboxylic acids is 1. The van der Waals surface area contributed by atoms with Crippen LogP contribution in [0.1, 0.15) is 0 Å². The summed E-state index contributed by atoms with van der Waals surface area (Å²) in [7, 11) is 0. The molecule has 1 aliphatic rings. The van der Waals surface area contributed by atoms with Crippen LogP contribution in [0, 0.1) is 0 Å². The Bertz CT molecular complexity index is 320. The van der Waals surface area contributed by atoms with Gasteiger partial charge in [0.15, 0.2) is 0 Å². The third-order valence-corrected chi connectivity index (χ3v) is 2.40. The van der Waals surface area contributed by atoms with E-state index in [9.17, 15) is 4.79 Å². The van der Waals surface area contributed by atoms with Crippen LogP contribution in [-0.4, -0.2) is 31.6 Å². The maximum atomic E-state index is 11.8. The van der Waals surface area contributed by atoms with Gasteiger partial charge in [0, 0.05) is 25.3 Å². The second-order valence-corrected chi connectivity index (χ2v) is 3.57. The molecular formula is C11H15N3O. The first-order valence-electron chi connectivity index (χ1n) is 5.16. The highest BCUT2D eigenvalue weighted by Gasteiger charge is 2.19. The lowest BCUT2D eigenvalue weighted by molar-refractivity contribution is -0.118. The van der Waals surface area contributed by atoms with E-state index >= 15 is 0 Å². The predicted octanol–water partition coefficient (Wildman–Crippen LogP) is 0.186. The van der Waals surface area contributed by atoms with Gasteiger partial charge in [0.05, 0.1) is 6.04 Å². The molecule has 4 nitrogen and oxygen atoms in total. The molecule has 3 N–H and O–H groups in total. The van der Waals surface area contributed by atoms with Gasteiger partial charge in [-0.3, -0.25) is 4.79 Å². The molecule has 1 saturated heterocycles. The first-order chi connectivity index (χ1) is 7.36. The number of carbonyl (C=O) groups is 1. The number of anilines is 1. The van der Waals surface area contributed by atoms with E-state index in [1.54, 1.807) is 0 Å². The molecule has 1 amide bonds. The first kappa shape index (κ1) is 10.1. The van der Waals surface area contributed by atoms with Crippen molar-refractivity contribution in [1.82, 2.24) is 10.6 Å².